The second kappa shape index (κ2) is 15.1. The average Bonchev–Trinajstić information content (AvgIpc) is 2.90. The molecule has 0 heterocycles. The standard InChI is InChI=1S/C26H32N4O8/c27-18(15-31)23(34)29-20(13-16-7-3-1-4-8-16)25(36)30-21(14-17-9-5-2-6-10-17)24(35)28-19(26(37)38)11-12-22(32)33/h1-10,18-21,31H,11-15,27H2,(H,28,35)(H,29,34)(H,30,36)(H,32,33)(H,37,38). The third kappa shape index (κ3) is 9.99. The molecule has 8 N–H and O–H groups in total. The smallest absolute Gasteiger partial charge is 0.326 e. The molecule has 0 aliphatic carbocycles. The number of carbonyl (C=O) groups excluding carboxylic acids is 3. The van der Waals surface area contributed by atoms with E-state index in [1.807, 2.05) is 0 Å². The molecule has 0 saturated heterocycles. The Hall–Kier alpha value is -4.29. The number of hydrogen-bond acceptors (Lipinski definition) is 7. The minimum Gasteiger partial charge on any atom is -0.481 e. The van der Waals surface area contributed by atoms with Crippen molar-refractivity contribution in [3.05, 3.63) is 71.8 Å². The molecule has 4 unspecified atom stereocenters. The maximum atomic E-state index is 13.3. The quantitative estimate of drug-likeness (QED) is 0.154. The first kappa shape index (κ1) is 29.9. The van der Waals surface area contributed by atoms with Gasteiger partial charge >= 0.3 is 11.9 Å². The van der Waals surface area contributed by atoms with Crippen LogP contribution < -0.4 is 21.7 Å². The van der Waals surface area contributed by atoms with Gasteiger partial charge in [-0.2, -0.15) is 0 Å². The van der Waals surface area contributed by atoms with Gasteiger partial charge in [-0.25, -0.2) is 4.79 Å². The van der Waals surface area contributed by atoms with E-state index in [0.717, 1.165) is 0 Å². The summed E-state index contributed by atoms with van der Waals surface area (Å²) in [7, 11) is 0. The molecular weight excluding hydrogens is 496 g/mol. The fourth-order valence-corrected chi connectivity index (χ4v) is 3.55. The number of amides is 3. The molecule has 2 aromatic rings. The maximum Gasteiger partial charge on any atom is 0.326 e. The normalized spacial score (nSPS) is 13.8. The van der Waals surface area contributed by atoms with Gasteiger partial charge in [0.05, 0.1) is 6.61 Å². The van der Waals surface area contributed by atoms with Crippen LogP contribution in [0, 0.1) is 0 Å². The summed E-state index contributed by atoms with van der Waals surface area (Å²) in [4.78, 5) is 61.3. The first-order valence-electron chi connectivity index (χ1n) is 11.9. The number of carboxylic acids is 2. The minimum atomic E-state index is -1.49. The molecule has 4 atom stereocenters. The molecule has 0 spiro atoms. The number of nitrogens with one attached hydrogen (secondary N) is 3. The highest BCUT2D eigenvalue weighted by molar-refractivity contribution is 5.94. The fraction of sp³-hybridized carbons (Fsp3) is 0.346. The van der Waals surface area contributed by atoms with Gasteiger partial charge in [0, 0.05) is 19.3 Å². The molecule has 38 heavy (non-hydrogen) atoms. The lowest BCUT2D eigenvalue weighted by Crippen LogP contribution is -2.58. The molecule has 0 aliphatic heterocycles. The van der Waals surface area contributed by atoms with Crippen LogP contribution in [-0.2, 0) is 36.8 Å². The Morgan fingerprint density at radius 2 is 1.11 bits per heavy atom. The van der Waals surface area contributed by atoms with Gasteiger partial charge in [0.15, 0.2) is 0 Å². The number of rotatable bonds is 15. The molecule has 12 nitrogen and oxygen atoms in total. The third-order valence-electron chi connectivity index (χ3n) is 5.63. The summed E-state index contributed by atoms with van der Waals surface area (Å²) in [6.07, 6.45) is -0.796. The van der Waals surface area contributed by atoms with Crippen LogP contribution in [0.1, 0.15) is 24.0 Å². The zero-order valence-corrected chi connectivity index (χ0v) is 20.6. The molecule has 0 fully saturated rings. The van der Waals surface area contributed by atoms with Crippen LogP contribution >= 0.6 is 0 Å². The lowest BCUT2D eigenvalue weighted by Gasteiger charge is -2.25. The van der Waals surface area contributed by atoms with Crippen LogP contribution in [0.5, 0.6) is 0 Å². The Labute approximate surface area is 219 Å². The zero-order chi connectivity index (χ0) is 28.1. The fourth-order valence-electron chi connectivity index (χ4n) is 3.55. The molecule has 0 saturated carbocycles. The van der Waals surface area contributed by atoms with E-state index in [1.54, 1.807) is 60.7 Å². The Kier molecular flexibility index (Phi) is 11.9. The number of carbonyl (C=O) groups is 5. The van der Waals surface area contributed by atoms with Gasteiger partial charge in [-0.15, -0.1) is 0 Å². The van der Waals surface area contributed by atoms with Crippen molar-refractivity contribution < 1.29 is 39.3 Å². The molecule has 3 amide bonds. The van der Waals surface area contributed by atoms with Crippen molar-refractivity contribution in [1.82, 2.24) is 16.0 Å². The molecule has 0 aromatic heterocycles. The maximum absolute atomic E-state index is 13.3. The average molecular weight is 529 g/mol. The van der Waals surface area contributed by atoms with Crippen molar-refractivity contribution in [2.45, 2.75) is 49.9 Å². The SMILES string of the molecule is NC(CO)C(=O)NC(Cc1ccccc1)C(=O)NC(Cc1ccccc1)C(=O)NC(CCC(=O)O)C(=O)O. The van der Waals surface area contributed by atoms with Crippen molar-refractivity contribution in [3.63, 3.8) is 0 Å². The zero-order valence-electron chi connectivity index (χ0n) is 20.6. The van der Waals surface area contributed by atoms with E-state index in [0.29, 0.717) is 11.1 Å². The van der Waals surface area contributed by atoms with Crippen molar-refractivity contribution in [2.24, 2.45) is 5.73 Å². The summed E-state index contributed by atoms with van der Waals surface area (Å²) in [5.41, 5.74) is 6.95. The number of aliphatic hydroxyl groups excluding tert-OH is 1. The number of hydrogen-bond donors (Lipinski definition) is 7. The summed E-state index contributed by atoms with van der Waals surface area (Å²) >= 11 is 0. The van der Waals surface area contributed by atoms with E-state index >= 15 is 0 Å². The van der Waals surface area contributed by atoms with Gasteiger partial charge in [0.2, 0.25) is 17.7 Å². The Morgan fingerprint density at radius 1 is 0.684 bits per heavy atom. The van der Waals surface area contributed by atoms with Crippen molar-refractivity contribution >= 4 is 29.7 Å². The van der Waals surface area contributed by atoms with Gasteiger partial charge in [-0.3, -0.25) is 19.2 Å². The summed E-state index contributed by atoms with van der Waals surface area (Å²) in [6, 6.07) is 12.2. The van der Waals surface area contributed by atoms with Gasteiger partial charge in [0.1, 0.15) is 24.2 Å². The number of aliphatic carboxylic acids is 2. The number of nitrogens with two attached hydrogens (primary N) is 1. The topological polar surface area (TPSA) is 208 Å². The van der Waals surface area contributed by atoms with Crippen LogP contribution in [0.25, 0.3) is 0 Å². The van der Waals surface area contributed by atoms with Crippen LogP contribution in [-0.4, -0.2) is 75.8 Å². The summed E-state index contributed by atoms with van der Waals surface area (Å²) in [5, 5.41) is 34.9. The van der Waals surface area contributed by atoms with E-state index in [1.165, 1.54) is 0 Å². The molecular formula is C26H32N4O8. The van der Waals surface area contributed by atoms with Crippen molar-refractivity contribution in [3.8, 4) is 0 Å². The third-order valence-corrected chi connectivity index (χ3v) is 5.63. The Morgan fingerprint density at radius 3 is 1.50 bits per heavy atom. The lowest BCUT2D eigenvalue weighted by molar-refractivity contribution is -0.143. The second-order valence-electron chi connectivity index (χ2n) is 8.62. The number of aliphatic hydroxyl groups is 1. The minimum absolute atomic E-state index is 0.00810. The van der Waals surface area contributed by atoms with Crippen LogP contribution in [0.15, 0.2) is 60.7 Å². The Bertz CT molecular complexity index is 1100. The van der Waals surface area contributed by atoms with Gasteiger partial charge < -0.3 is 37.0 Å². The van der Waals surface area contributed by atoms with Crippen LogP contribution in [0.2, 0.25) is 0 Å². The van der Waals surface area contributed by atoms with E-state index in [4.69, 9.17) is 10.8 Å². The summed E-state index contributed by atoms with van der Waals surface area (Å²) in [6.45, 7) is -0.641. The molecule has 2 aromatic carbocycles. The lowest BCUT2D eigenvalue weighted by atomic mass is 10.0. The van der Waals surface area contributed by atoms with Crippen molar-refractivity contribution in [1.29, 1.82) is 0 Å². The predicted molar refractivity (Wildman–Crippen MR) is 136 cm³/mol. The highest BCUT2D eigenvalue weighted by Crippen LogP contribution is 2.08. The van der Waals surface area contributed by atoms with Gasteiger partial charge in [-0.1, -0.05) is 60.7 Å². The first-order valence-corrected chi connectivity index (χ1v) is 11.9. The second-order valence-corrected chi connectivity index (χ2v) is 8.62. The van der Waals surface area contributed by atoms with E-state index < -0.39 is 66.9 Å². The highest BCUT2D eigenvalue weighted by atomic mass is 16.4. The number of benzene rings is 2. The monoisotopic (exact) mass is 528 g/mol. The summed E-state index contributed by atoms with van der Waals surface area (Å²) < 4.78 is 0. The van der Waals surface area contributed by atoms with Gasteiger partial charge in [0.25, 0.3) is 0 Å². The van der Waals surface area contributed by atoms with Crippen LogP contribution in [0.4, 0.5) is 0 Å². The number of carboxylic acid groups (broad SMARTS) is 2. The molecule has 0 bridgehead atoms. The van der Waals surface area contributed by atoms with E-state index in [-0.39, 0.29) is 19.3 Å². The predicted octanol–water partition coefficient (Wildman–Crippen LogP) is -0.805. The largest absolute Gasteiger partial charge is 0.481 e. The van der Waals surface area contributed by atoms with E-state index in [2.05, 4.69) is 16.0 Å². The molecule has 0 aliphatic rings. The van der Waals surface area contributed by atoms with E-state index in [9.17, 15) is 34.2 Å². The highest BCUT2D eigenvalue weighted by Gasteiger charge is 2.30. The summed E-state index contributed by atoms with van der Waals surface area (Å²) in [5.74, 6) is -4.98. The molecule has 12 heteroatoms. The van der Waals surface area contributed by atoms with Crippen molar-refractivity contribution in [2.75, 3.05) is 6.61 Å². The molecule has 2 rings (SSSR count). The molecule has 204 valence electrons. The first-order chi connectivity index (χ1) is 18.1. The Balaban J connectivity index is 2.28. The molecule has 0 radical (unpaired) electrons. The van der Waals surface area contributed by atoms with Crippen LogP contribution in [0.3, 0.4) is 0 Å². The van der Waals surface area contributed by atoms with Gasteiger partial charge in [-0.05, 0) is 17.5 Å².